The average molecular weight is 622 g/mol. The van der Waals surface area contributed by atoms with Gasteiger partial charge >= 0.3 is 14.8 Å². The Labute approximate surface area is 264 Å². The van der Waals surface area contributed by atoms with E-state index in [2.05, 4.69) is 44.9 Å². The third kappa shape index (κ3) is 13.7. The molecule has 1 heterocycles. The first-order valence-electron chi connectivity index (χ1n) is 17.2. The molecular weight excluding hydrogens is 558 g/mol. The zero-order valence-corrected chi connectivity index (χ0v) is 29.6. The van der Waals surface area contributed by atoms with Crippen molar-refractivity contribution in [3.8, 4) is 0 Å². The van der Waals surface area contributed by atoms with Crippen molar-refractivity contribution in [1.29, 1.82) is 0 Å². The van der Waals surface area contributed by atoms with E-state index in [9.17, 15) is 4.79 Å². The molecule has 0 bridgehead atoms. The van der Waals surface area contributed by atoms with Crippen LogP contribution in [0.3, 0.4) is 0 Å². The summed E-state index contributed by atoms with van der Waals surface area (Å²) < 4.78 is 23.6. The Kier molecular flexibility index (Phi) is 17.6. The molecule has 8 heteroatoms. The molecule has 1 aliphatic heterocycles. The summed E-state index contributed by atoms with van der Waals surface area (Å²) in [4.78, 5) is 19.3. The van der Waals surface area contributed by atoms with E-state index < -0.39 is 8.80 Å². The zero-order chi connectivity index (χ0) is 31.6. The highest BCUT2D eigenvalue weighted by molar-refractivity contribution is 6.60. The molecule has 1 atom stereocenters. The van der Waals surface area contributed by atoms with Gasteiger partial charge in [0.25, 0.3) is 0 Å². The molecule has 43 heavy (non-hydrogen) atoms. The molecule has 2 rings (SSSR count). The summed E-state index contributed by atoms with van der Waals surface area (Å²) >= 11 is 0. The van der Waals surface area contributed by atoms with Crippen molar-refractivity contribution in [2.45, 2.75) is 155 Å². The van der Waals surface area contributed by atoms with Gasteiger partial charge in [0.2, 0.25) is 0 Å². The van der Waals surface area contributed by atoms with Crippen molar-refractivity contribution in [3.63, 3.8) is 0 Å². The van der Waals surface area contributed by atoms with Gasteiger partial charge in [0.15, 0.2) is 0 Å². The highest BCUT2D eigenvalue weighted by atomic mass is 28.4. The third-order valence-corrected chi connectivity index (χ3v) is 11.6. The van der Waals surface area contributed by atoms with Gasteiger partial charge in [-0.15, -0.1) is 0 Å². The van der Waals surface area contributed by atoms with Crippen LogP contribution in [0.2, 0.25) is 6.04 Å². The minimum absolute atomic E-state index is 0.0803. The Balaban J connectivity index is 1.64. The predicted molar refractivity (Wildman–Crippen MR) is 177 cm³/mol. The van der Waals surface area contributed by atoms with Gasteiger partial charge < -0.3 is 18.0 Å². The van der Waals surface area contributed by atoms with Crippen LogP contribution in [0.25, 0.3) is 0 Å². The SMILES string of the molecule is CCO[Si](CCCCCCCCCCCC(=O)OCC(ON1C(C)(C)CCCC1(C)C)c1ccccc1)(OCC)OCC. The van der Waals surface area contributed by atoms with Gasteiger partial charge in [0.1, 0.15) is 12.7 Å². The Morgan fingerprint density at radius 3 is 1.77 bits per heavy atom. The van der Waals surface area contributed by atoms with E-state index in [1.807, 2.05) is 39.0 Å². The fraction of sp³-hybridized carbons (Fsp3) is 0.800. The number of rotatable bonds is 23. The minimum atomic E-state index is -2.49. The number of esters is 1. The minimum Gasteiger partial charge on any atom is -0.462 e. The number of hydrogen-bond acceptors (Lipinski definition) is 7. The van der Waals surface area contributed by atoms with Crippen LogP contribution in [0.5, 0.6) is 0 Å². The lowest BCUT2D eigenvalue weighted by molar-refractivity contribution is -0.311. The third-order valence-electron chi connectivity index (χ3n) is 8.43. The maximum absolute atomic E-state index is 12.6. The van der Waals surface area contributed by atoms with Crippen molar-refractivity contribution < 1.29 is 27.6 Å². The summed E-state index contributed by atoms with van der Waals surface area (Å²) in [7, 11) is -2.49. The fourth-order valence-corrected chi connectivity index (χ4v) is 9.02. The standard InChI is InChI=1S/C35H63NO6Si/c1-8-39-43(40-9-2,41-10-3)29-22-17-15-13-11-12-14-16-21-26-33(37)38-30-32(31-24-19-18-20-25-31)42-36-34(4,5)27-23-28-35(36,6)7/h18-20,24-25,32H,8-17,21-23,26-30H2,1-7H3. The van der Waals surface area contributed by atoms with Crippen molar-refractivity contribution in [3.05, 3.63) is 35.9 Å². The first kappa shape index (κ1) is 37.9. The van der Waals surface area contributed by atoms with E-state index in [1.165, 1.54) is 38.5 Å². The molecule has 0 radical (unpaired) electrons. The van der Waals surface area contributed by atoms with Crippen LogP contribution in [-0.4, -0.2) is 57.3 Å². The number of piperidine rings is 1. The van der Waals surface area contributed by atoms with Crippen LogP contribution >= 0.6 is 0 Å². The lowest BCUT2D eigenvalue weighted by atomic mass is 9.82. The summed E-state index contributed by atoms with van der Waals surface area (Å²) in [6.45, 7) is 17.1. The molecule has 1 saturated heterocycles. The maximum atomic E-state index is 12.6. The van der Waals surface area contributed by atoms with E-state index in [-0.39, 0.29) is 29.8 Å². The molecule has 0 N–H and O–H groups in total. The van der Waals surface area contributed by atoms with Gasteiger partial charge in [0, 0.05) is 43.4 Å². The van der Waals surface area contributed by atoms with Crippen molar-refractivity contribution in [1.82, 2.24) is 5.06 Å². The molecule has 7 nitrogen and oxygen atoms in total. The molecule has 0 aromatic heterocycles. The van der Waals surface area contributed by atoms with E-state index in [4.69, 9.17) is 22.9 Å². The van der Waals surface area contributed by atoms with Crippen LogP contribution in [-0.2, 0) is 27.6 Å². The Morgan fingerprint density at radius 2 is 1.26 bits per heavy atom. The summed E-state index contributed by atoms with van der Waals surface area (Å²) in [5.74, 6) is -0.132. The lowest BCUT2D eigenvalue weighted by Crippen LogP contribution is -2.58. The first-order chi connectivity index (χ1) is 20.6. The molecule has 0 saturated carbocycles. The van der Waals surface area contributed by atoms with Crippen molar-refractivity contribution in [2.24, 2.45) is 0 Å². The zero-order valence-electron chi connectivity index (χ0n) is 28.6. The second-order valence-electron chi connectivity index (χ2n) is 13.1. The molecule has 1 fully saturated rings. The number of unbranched alkanes of at least 4 members (excludes halogenated alkanes) is 8. The van der Waals surface area contributed by atoms with Gasteiger partial charge in [-0.05, 0) is 86.1 Å². The summed E-state index contributed by atoms with van der Waals surface area (Å²) in [5, 5.41) is 2.16. The van der Waals surface area contributed by atoms with Crippen LogP contribution in [0.15, 0.2) is 30.3 Å². The van der Waals surface area contributed by atoms with Gasteiger partial charge in [-0.1, -0.05) is 75.3 Å². The second kappa shape index (κ2) is 20.0. The molecular formula is C35H63NO6Si. The van der Waals surface area contributed by atoms with Crippen LogP contribution in [0, 0.1) is 0 Å². The first-order valence-corrected chi connectivity index (χ1v) is 19.1. The topological polar surface area (TPSA) is 66.5 Å². The Morgan fingerprint density at radius 1 is 0.767 bits per heavy atom. The van der Waals surface area contributed by atoms with E-state index in [0.717, 1.165) is 50.1 Å². The number of carbonyl (C=O) groups is 1. The number of hydroxylamine groups is 2. The molecule has 0 aliphatic carbocycles. The van der Waals surface area contributed by atoms with Crippen molar-refractivity contribution >= 4 is 14.8 Å². The monoisotopic (exact) mass is 621 g/mol. The Hall–Kier alpha value is -1.29. The quantitative estimate of drug-likeness (QED) is 0.0685. The summed E-state index contributed by atoms with van der Waals surface area (Å²) in [6, 6.07) is 11.0. The maximum Gasteiger partial charge on any atom is 0.500 e. The molecule has 1 unspecified atom stereocenters. The average Bonchev–Trinajstić information content (AvgIpc) is 2.95. The van der Waals surface area contributed by atoms with Gasteiger partial charge in [-0.3, -0.25) is 9.63 Å². The highest BCUT2D eigenvalue weighted by Crippen LogP contribution is 2.40. The molecule has 0 spiro atoms. The van der Waals surface area contributed by atoms with E-state index in [0.29, 0.717) is 26.2 Å². The smallest absolute Gasteiger partial charge is 0.462 e. The van der Waals surface area contributed by atoms with Crippen molar-refractivity contribution in [2.75, 3.05) is 26.4 Å². The van der Waals surface area contributed by atoms with Gasteiger partial charge in [0.05, 0.1) is 0 Å². The molecule has 1 aliphatic rings. The Bertz CT molecular complexity index is 847. The van der Waals surface area contributed by atoms with Crippen LogP contribution < -0.4 is 0 Å². The molecule has 1 aromatic rings. The van der Waals surface area contributed by atoms with Gasteiger partial charge in [-0.25, -0.2) is 0 Å². The number of nitrogens with zero attached hydrogens (tertiary/aromatic N) is 1. The number of carbonyl (C=O) groups excluding carboxylic acids is 1. The highest BCUT2D eigenvalue weighted by Gasteiger charge is 2.44. The number of hydrogen-bond donors (Lipinski definition) is 0. The number of benzene rings is 1. The van der Waals surface area contributed by atoms with Gasteiger partial charge in [-0.2, -0.15) is 5.06 Å². The summed E-state index contributed by atoms with van der Waals surface area (Å²) in [6.07, 6.45) is 13.8. The fourth-order valence-electron chi connectivity index (χ4n) is 6.33. The van der Waals surface area contributed by atoms with E-state index in [1.54, 1.807) is 0 Å². The molecule has 1 aromatic carbocycles. The largest absolute Gasteiger partial charge is 0.500 e. The van der Waals surface area contributed by atoms with E-state index >= 15 is 0 Å². The van der Waals surface area contributed by atoms with Crippen LogP contribution in [0.4, 0.5) is 0 Å². The second-order valence-corrected chi connectivity index (χ2v) is 15.9. The number of ether oxygens (including phenoxy) is 1. The van der Waals surface area contributed by atoms with Crippen LogP contribution in [0.1, 0.15) is 144 Å². The molecule has 248 valence electrons. The predicted octanol–water partition coefficient (Wildman–Crippen LogP) is 9.20. The normalized spacial score (nSPS) is 17.6. The lowest BCUT2D eigenvalue weighted by Gasteiger charge is -2.52. The summed E-state index contributed by atoms with van der Waals surface area (Å²) in [5.41, 5.74) is 0.873. The molecule has 0 amide bonds.